The van der Waals surface area contributed by atoms with E-state index >= 15 is 8.78 Å². The second-order valence-electron chi connectivity index (χ2n) is 19.2. The van der Waals surface area contributed by atoms with E-state index in [0.717, 1.165) is 19.4 Å². The number of carbonyl (C=O) groups is 1. The van der Waals surface area contributed by atoms with Crippen molar-refractivity contribution in [3.05, 3.63) is 53.7 Å². The zero-order valence-corrected chi connectivity index (χ0v) is 38.1. The second kappa shape index (κ2) is 16.5. The Balaban J connectivity index is 1.36. The molecule has 2 aromatic heterocycles. The topological polar surface area (TPSA) is 83.9 Å². The van der Waals surface area contributed by atoms with Crippen LogP contribution in [0.2, 0.25) is 16.6 Å². The molecule has 4 aromatic rings. The Labute approximate surface area is 354 Å². The number of likely N-dealkylation sites (N-methyl/N-ethyl adjacent to an activating group) is 1. The van der Waals surface area contributed by atoms with Crippen molar-refractivity contribution in [2.75, 3.05) is 38.2 Å². The number of ether oxygens (including phenoxy) is 2. The van der Waals surface area contributed by atoms with Crippen LogP contribution in [0.3, 0.4) is 0 Å². The van der Waals surface area contributed by atoms with E-state index in [1.807, 2.05) is 51.8 Å². The normalized spacial score (nSPS) is 22.3. The Morgan fingerprint density at radius 3 is 2.45 bits per heavy atom. The zero-order chi connectivity index (χ0) is 43.5. The summed E-state index contributed by atoms with van der Waals surface area (Å²) < 4.78 is 60.5. The number of hydrogen-bond donors (Lipinski definition) is 0. The van der Waals surface area contributed by atoms with Crippen molar-refractivity contribution in [1.29, 1.82) is 0 Å². The number of rotatable bonds is 9. The lowest BCUT2D eigenvalue weighted by Crippen LogP contribution is -2.45. The van der Waals surface area contributed by atoms with Crippen LogP contribution in [0.5, 0.6) is 6.01 Å². The van der Waals surface area contributed by atoms with Gasteiger partial charge in [-0.05, 0) is 81.6 Å². The molecule has 7 rings (SSSR count). The molecule has 0 aliphatic carbocycles. The van der Waals surface area contributed by atoms with Crippen LogP contribution in [-0.4, -0.2) is 102 Å². The number of aromatic nitrogens is 3. The molecule has 9 nitrogen and oxygen atoms in total. The van der Waals surface area contributed by atoms with Gasteiger partial charge in [-0.3, -0.25) is 9.88 Å². The third-order valence-electron chi connectivity index (χ3n) is 13.6. The number of carbonyl (C=O) groups excluding carboxylic acids is 1. The van der Waals surface area contributed by atoms with Crippen molar-refractivity contribution >= 4 is 41.7 Å². The highest BCUT2D eigenvalue weighted by atomic mass is 28.3. The van der Waals surface area contributed by atoms with E-state index in [1.54, 1.807) is 23.2 Å². The second-order valence-corrected chi connectivity index (χ2v) is 24.8. The quantitative estimate of drug-likeness (QED) is 0.122. The minimum absolute atomic E-state index is 0.00190. The molecule has 0 unspecified atom stereocenters. The van der Waals surface area contributed by atoms with E-state index in [-0.39, 0.29) is 41.5 Å². The Kier molecular flexibility index (Phi) is 12.0. The summed E-state index contributed by atoms with van der Waals surface area (Å²) in [6.45, 7) is 22.5. The van der Waals surface area contributed by atoms with Gasteiger partial charge in [0, 0.05) is 43.7 Å². The molecule has 0 N–H and O–H groups in total. The molecule has 4 atom stereocenters. The maximum atomic E-state index is 17.5. The summed E-state index contributed by atoms with van der Waals surface area (Å²) in [5.74, 6) is 2.54. The standard InChI is InChI=1S/C47H61F3N6O3Si/c1-28(2)60(29(3)4,30(5)6)23-19-34-37(49)17-16-32-14-12-15-35(39(32)34)41-40(50)42-36(25-51-41)43(54(11)38-18-22-56(31(38)7)45(57)59-46(8,9)10)53-44(52-42)58-27-47-20-13-21-55(47)26-33(48)24-47/h12,14-17,25,28-31,33,38H,13,18,20-22,24,26-27H2,1-11H3/t31-,33+,38+,47-/m0/s1. The SMILES string of the molecule is CC(C)[Si](C#Cc1c(F)ccc2cccc(-c3ncc4c(N(C)[C@@H]5CCN(C(=O)OC(C)(C)C)[C@H]5C)nc(OC[C@@]56CCCN5C[C@H](F)C6)nc4c3F)c12)(C(C)C)C(C)C. The Morgan fingerprint density at radius 2 is 1.77 bits per heavy atom. The fraction of sp³-hybridized carbons (Fsp3) is 0.574. The summed E-state index contributed by atoms with van der Waals surface area (Å²) in [4.78, 5) is 33.3. The first-order chi connectivity index (χ1) is 28.3. The van der Waals surface area contributed by atoms with Gasteiger partial charge in [-0.2, -0.15) is 9.97 Å². The molecule has 322 valence electrons. The van der Waals surface area contributed by atoms with Crippen molar-refractivity contribution in [2.24, 2.45) is 0 Å². The minimum Gasteiger partial charge on any atom is -0.461 e. The predicted molar refractivity (Wildman–Crippen MR) is 236 cm³/mol. The van der Waals surface area contributed by atoms with Crippen LogP contribution in [0.4, 0.5) is 23.8 Å². The molecule has 0 spiro atoms. The summed E-state index contributed by atoms with van der Waals surface area (Å²) >= 11 is 0. The van der Waals surface area contributed by atoms with E-state index in [2.05, 4.69) is 57.9 Å². The number of alkyl halides is 1. The minimum atomic E-state index is -2.26. The number of likely N-dealkylation sites (tertiary alicyclic amines) is 1. The van der Waals surface area contributed by atoms with Crippen LogP contribution in [-0.2, 0) is 4.74 Å². The van der Waals surface area contributed by atoms with Crippen molar-refractivity contribution in [2.45, 2.75) is 141 Å². The van der Waals surface area contributed by atoms with Gasteiger partial charge in [-0.25, -0.2) is 18.0 Å². The van der Waals surface area contributed by atoms with E-state index in [1.165, 1.54) is 6.07 Å². The summed E-state index contributed by atoms with van der Waals surface area (Å²) in [5, 5.41) is 1.56. The molecule has 0 radical (unpaired) electrons. The largest absolute Gasteiger partial charge is 0.461 e. The molecule has 0 bridgehead atoms. The monoisotopic (exact) mass is 842 g/mol. The average molecular weight is 843 g/mol. The summed E-state index contributed by atoms with van der Waals surface area (Å²) in [7, 11) is -0.394. The lowest BCUT2D eigenvalue weighted by Gasteiger charge is -2.38. The molecule has 3 aliphatic heterocycles. The van der Waals surface area contributed by atoms with Gasteiger partial charge in [-0.1, -0.05) is 71.7 Å². The van der Waals surface area contributed by atoms with E-state index in [9.17, 15) is 9.18 Å². The fourth-order valence-electron chi connectivity index (χ4n) is 10.6. The summed E-state index contributed by atoms with van der Waals surface area (Å²) in [5.41, 5.74) is 4.15. The van der Waals surface area contributed by atoms with Crippen molar-refractivity contribution in [3.8, 4) is 28.7 Å². The van der Waals surface area contributed by atoms with Crippen LogP contribution in [0.1, 0.15) is 100 Å². The number of fused-ring (bicyclic) bond motifs is 3. The Morgan fingerprint density at radius 1 is 1.05 bits per heavy atom. The molecule has 3 fully saturated rings. The molecule has 0 saturated carbocycles. The number of hydrogen-bond acceptors (Lipinski definition) is 8. The molecule has 1 amide bonds. The van der Waals surface area contributed by atoms with Crippen molar-refractivity contribution in [1.82, 2.24) is 24.8 Å². The molecule has 2 aromatic carbocycles. The fourth-order valence-corrected chi connectivity index (χ4v) is 15.9. The molecule has 3 saturated heterocycles. The molecule has 3 aliphatic rings. The van der Waals surface area contributed by atoms with E-state index in [4.69, 9.17) is 24.4 Å². The Bertz CT molecular complexity index is 2320. The third kappa shape index (κ3) is 7.83. The lowest BCUT2D eigenvalue weighted by atomic mass is 9.95. The molecule has 60 heavy (non-hydrogen) atoms. The molecule has 5 heterocycles. The highest BCUT2D eigenvalue weighted by molar-refractivity contribution is 6.90. The highest BCUT2D eigenvalue weighted by Gasteiger charge is 2.49. The number of pyridine rings is 1. The molecular formula is C47H61F3N6O3Si. The average Bonchev–Trinajstić information content (AvgIpc) is 3.84. The lowest BCUT2D eigenvalue weighted by molar-refractivity contribution is 0.0233. The molecule has 13 heteroatoms. The third-order valence-corrected chi connectivity index (χ3v) is 19.9. The van der Waals surface area contributed by atoms with Crippen LogP contribution >= 0.6 is 0 Å². The van der Waals surface area contributed by atoms with Crippen LogP contribution in [0.15, 0.2) is 36.5 Å². The zero-order valence-electron chi connectivity index (χ0n) is 37.1. The van der Waals surface area contributed by atoms with Crippen LogP contribution in [0, 0.1) is 23.1 Å². The predicted octanol–water partition coefficient (Wildman–Crippen LogP) is 10.5. The van der Waals surface area contributed by atoms with Gasteiger partial charge in [0.1, 0.15) is 49.3 Å². The number of halogens is 3. The first-order valence-corrected chi connectivity index (χ1v) is 23.9. The maximum absolute atomic E-state index is 17.5. The first-order valence-electron chi connectivity index (χ1n) is 21.6. The maximum Gasteiger partial charge on any atom is 0.410 e. The van der Waals surface area contributed by atoms with Crippen LogP contribution in [0.25, 0.3) is 32.9 Å². The van der Waals surface area contributed by atoms with Gasteiger partial charge in [0.25, 0.3) is 0 Å². The van der Waals surface area contributed by atoms with Gasteiger partial charge in [0.05, 0.1) is 28.6 Å². The van der Waals surface area contributed by atoms with E-state index < -0.39 is 43.1 Å². The van der Waals surface area contributed by atoms with Crippen molar-refractivity contribution < 1.29 is 27.4 Å². The first kappa shape index (κ1) is 43.7. The van der Waals surface area contributed by atoms with Gasteiger partial charge in [-0.15, -0.1) is 5.54 Å². The van der Waals surface area contributed by atoms with Crippen molar-refractivity contribution in [3.63, 3.8) is 0 Å². The van der Waals surface area contributed by atoms with Gasteiger partial charge in [0.2, 0.25) is 0 Å². The number of amides is 1. The van der Waals surface area contributed by atoms with Gasteiger partial charge in [0.15, 0.2) is 5.82 Å². The van der Waals surface area contributed by atoms with Gasteiger partial charge < -0.3 is 19.3 Å². The number of benzene rings is 2. The smallest absolute Gasteiger partial charge is 0.410 e. The van der Waals surface area contributed by atoms with E-state index in [0.29, 0.717) is 70.1 Å². The number of anilines is 1. The number of nitrogens with zero attached hydrogens (tertiary/aromatic N) is 6. The van der Waals surface area contributed by atoms with Gasteiger partial charge >= 0.3 is 12.1 Å². The molecular weight excluding hydrogens is 782 g/mol. The summed E-state index contributed by atoms with van der Waals surface area (Å²) in [6.07, 6.45) is 2.91. The summed E-state index contributed by atoms with van der Waals surface area (Å²) in [6, 6.07) is 8.04. The van der Waals surface area contributed by atoms with Crippen LogP contribution < -0.4 is 9.64 Å². The highest BCUT2D eigenvalue weighted by Crippen LogP contribution is 2.43. The Hall–Kier alpha value is -4.41.